The molecule has 46 heavy (non-hydrogen) atoms. The molecule has 0 aromatic heterocycles. The van der Waals surface area contributed by atoms with E-state index >= 15 is 0 Å². The molecule has 1 aliphatic heterocycles. The monoisotopic (exact) mass is 664 g/mol. The summed E-state index contributed by atoms with van der Waals surface area (Å²) < 4.78 is 118. The number of piperidine rings is 1. The smallest absolute Gasteiger partial charge is 0.475 e. The number of rotatable bonds is 7. The van der Waals surface area contributed by atoms with Crippen LogP contribution in [-0.4, -0.2) is 53.8 Å². The third kappa shape index (κ3) is 9.94. The van der Waals surface area contributed by atoms with Gasteiger partial charge in [0.15, 0.2) is 0 Å². The minimum Gasteiger partial charge on any atom is -0.475 e. The zero-order valence-electron chi connectivity index (χ0n) is 23.9. The number of hydrogen-bond acceptors (Lipinski definition) is 4. The van der Waals surface area contributed by atoms with Crippen LogP contribution < -0.4 is 5.73 Å². The normalized spacial score (nSPS) is 17.3. The van der Waals surface area contributed by atoms with Gasteiger partial charge in [-0.05, 0) is 41.3 Å². The standard InChI is InChI=1S/C29H28F6N2O2.C2HF3O2/c30-28(31,32)22-13-19(14-23(15-22)29(33,34)35)18-39-25-11-12-37(26(38)16-36)17-24(25)27(20-7-3-1-4-8-20)21-9-5-2-6-10-21;3-2(4,5)1(6)7/h1-10,13-15,24-25,27H,11-12,16-18,36H2;(H,6,7)/t24-,25+;/m0./s1. The van der Waals surface area contributed by atoms with E-state index < -0.39 is 48.3 Å². The van der Waals surface area contributed by atoms with Crippen LogP contribution in [0.15, 0.2) is 78.9 Å². The van der Waals surface area contributed by atoms with Crippen molar-refractivity contribution >= 4 is 11.9 Å². The molecule has 3 aromatic rings. The Labute approximate surface area is 257 Å². The molecule has 1 amide bonds. The summed E-state index contributed by atoms with van der Waals surface area (Å²) in [7, 11) is 0. The van der Waals surface area contributed by atoms with Crippen molar-refractivity contribution in [3.63, 3.8) is 0 Å². The summed E-state index contributed by atoms with van der Waals surface area (Å²) in [5, 5.41) is 7.12. The maximum absolute atomic E-state index is 13.4. The van der Waals surface area contributed by atoms with Gasteiger partial charge in [0.2, 0.25) is 5.91 Å². The molecule has 0 bridgehead atoms. The van der Waals surface area contributed by atoms with Crippen LogP contribution in [0.4, 0.5) is 39.5 Å². The average Bonchev–Trinajstić information content (AvgIpc) is 3.00. The number of carbonyl (C=O) groups excluding carboxylic acids is 1. The van der Waals surface area contributed by atoms with Gasteiger partial charge in [-0.2, -0.15) is 39.5 Å². The first-order valence-electron chi connectivity index (χ1n) is 13.7. The van der Waals surface area contributed by atoms with E-state index in [-0.39, 0.29) is 42.5 Å². The molecule has 1 fully saturated rings. The highest BCUT2D eigenvalue weighted by molar-refractivity contribution is 5.78. The van der Waals surface area contributed by atoms with Crippen LogP contribution in [0.25, 0.3) is 0 Å². The van der Waals surface area contributed by atoms with E-state index in [0.29, 0.717) is 25.1 Å². The van der Waals surface area contributed by atoms with Crippen molar-refractivity contribution in [1.29, 1.82) is 0 Å². The Morgan fingerprint density at radius 3 is 1.67 bits per heavy atom. The molecular weight excluding hydrogens is 635 g/mol. The van der Waals surface area contributed by atoms with Gasteiger partial charge in [-0.25, -0.2) is 4.79 Å². The summed E-state index contributed by atoms with van der Waals surface area (Å²) in [6.07, 6.45) is -15.2. The van der Waals surface area contributed by atoms with Gasteiger partial charge in [-0.15, -0.1) is 0 Å². The number of benzene rings is 3. The first-order chi connectivity index (χ1) is 21.4. The average molecular weight is 665 g/mol. The molecule has 1 saturated heterocycles. The Morgan fingerprint density at radius 1 is 0.826 bits per heavy atom. The molecule has 0 saturated carbocycles. The highest BCUT2D eigenvalue weighted by atomic mass is 19.4. The quantitative estimate of drug-likeness (QED) is 0.269. The number of likely N-dealkylation sites (tertiary alicyclic amines) is 1. The fourth-order valence-electron chi connectivity index (χ4n) is 5.16. The molecule has 1 aliphatic rings. The Hall–Kier alpha value is -4.11. The molecular formula is C31H29F9N2O4. The van der Waals surface area contributed by atoms with Crippen molar-refractivity contribution in [1.82, 2.24) is 4.90 Å². The Kier molecular flexibility index (Phi) is 11.8. The number of nitrogens with zero attached hydrogens (tertiary/aromatic N) is 1. The third-order valence-electron chi connectivity index (χ3n) is 7.22. The second kappa shape index (κ2) is 15.0. The fraction of sp³-hybridized carbons (Fsp3) is 0.355. The van der Waals surface area contributed by atoms with E-state index in [1.54, 1.807) is 4.90 Å². The second-order valence-corrected chi connectivity index (χ2v) is 10.4. The van der Waals surface area contributed by atoms with Gasteiger partial charge in [0.25, 0.3) is 0 Å². The van der Waals surface area contributed by atoms with E-state index in [0.717, 1.165) is 11.1 Å². The predicted molar refractivity (Wildman–Crippen MR) is 147 cm³/mol. The maximum Gasteiger partial charge on any atom is 0.490 e. The van der Waals surface area contributed by atoms with E-state index in [9.17, 15) is 44.3 Å². The van der Waals surface area contributed by atoms with Gasteiger partial charge >= 0.3 is 24.5 Å². The highest BCUT2D eigenvalue weighted by Gasteiger charge is 2.40. The highest BCUT2D eigenvalue weighted by Crippen LogP contribution is 2.40. The minimum absolute atomic E-state index is 0.101. The second-order valence-electron chi connectivity index (χ2n) is 10.4. The van der Waals surface area contributed by atoms with Gasteiger partial charge in [-0.1, -0.05) is 60.7 Å². The summed E-state index contributed by atoms with van der Waals surface area (Å²) in [5.41, 5.74) is 4.50. The lowest BCUT2D eigenvalue weighted by Gasteiger charge is -2.42. The minimum atomic E-state index is -5.08. The summed E-state index contributed by atoms with van der Waals surface area (Å²) in [6, 6.07) is 20.5. The van der Waals surface area contributed by atoms with Crippen molar-refractivity contribution in [2.24, 2.45) is 11.7 Å². The number of carboxylic acid groups (broad SMARTS) is 1. The summed E-state index contributed by atoms with van der Waals surface area (Å²) in [4.78, 5) is 23.0. The first kappa shape index (κ1) is 36.4. The number of amides is 1. The van der Waals surface area contributed by atoms with E-state index in [2.05, 4.69) is 0 Å². The molecule has 3 N–H and O–H groups in total. The number of ether oxygens (including phenoxy) is 1. The van der Waals surface area contributed by atoms with Crippen LogP contribution in [0.2, 0.25) is 0 Å². The predicted octanol–water partition coefficient (Wildman–Crippen LogP) is 6.88. The van der Waals surface area contributed by atoms with Gasteiger partial charge in [-0.3, -0.25) is 4.79 Å². The molecule has 3 aromatic carbocycles. The molecule has 0 spiro atoms. The number of carboxylic acids is 1. The molecule has 0 radical (unpaired) electrons. The van der Waals surface area contributed by atoms with Gasteiger partial charge in [0.1, 0.15) is 0 Å². The first-order valence-corrected chi connectivity index (χ1v) is 13.7. The van der Waals surface area contributed by atoms with Crippen LogP contribution in [0.3, 0.4) is 0 Å². The molecule has 2 atom stereocenters. The van der Waals surface area contributed by atoms with Gasteiger partial charge in [0.05, 0.1) is 30.4 Å². The molecule has 15 heteroatoms. The largest absolute Gasteiger partial charge is 0.490 e. The summed E-state index contributed by atoms with van der Waals surface area (Å²) in [6.45, 7) is -0.0468. The van der Waals surface area contributed by atoms with E-state index in [1.165, 1.54) is 0 Å². The zero-order valence-corrected chi connectivity index (χ0v) is 23.9. The maximum atomic E-state index is 13.4. The van der Waals surface area contributed by atoms with Crippen LogP contribution in [0, 0.1) is 5.92 Å². The van der Waals surface area contributed by atoms with Crippen molar-refractivity contribution in [2.45, 2.75) is 43.6 Å². The fourth-order valence-corrected chi connectivity index (χ4v) is 5.16. The van der Waals surface area contributed by atoms with E-state index in [1.807, 2.05) is 60.7 Å². The Bertz CT molecular complexity index is 1370. The lowest BCUT2D eigenvalue weighted by molar-refractivity contribution is -0.192. The lowest BCUT2D eigenvalue weighted by Crippen LogP contribution is -2.50. The summed E-state index contributed by atoms with van der Waals surface area (Å²) >= 11 is 0. The van der Waals surface area contributed by atoms with Gasteiger partial charge < -0.3 is 20.5 Å². The van der Waals surface area contributed by atoms with Crippen LogP contribution >= 0.6 is 0 Å². The Morgan fingerprint density at radius 2 is 1.28 bits per heavy atom. The molecule has 6 nitrogen and oxygen atoms in total. The number of nitrogens with two attached hydrogens (primary N) is 1. The molecule has 0 aliphatic carbocycles. The molecule has 250 valence electrons. The van der Waals surface area contributed by atoms with Gasteiger partial charge in [0, 0.05) is 24.9 Å². The molecule has 0 unspecified atom stereocenters. The van der Waals surface area contributed by atoms with Crippen LogP contribution in [0.1, 0.15) is 40.2 Å². The zero-order chi connectivity index (χ0) is 34.3. The van der Waals surface area contributed by atoms with Crippen molar-refractivity contribution in [2.75, 3.05) is 19.6 Å². The third-order valence-corrected chi connectivity index (χ3v) is 7.22. The lowest BCUT2D eigenvalue weighted by atomic mass is 9.75. The number of halogens is 9. The van der Waals surface area contributed by atoms with Crippen LogP contribution in [-0.2, 0) is 33.3 Å². The number of alkyl halides is 9. The molecule has 4 rings (SSSR count). The van der Waals surface area contributed by atoms with Crippen LogP contribution in [0.5, 0.6) is 0 Å². The molecule has 1 heterocycles. The Balaban J connectivity index is 0.000000738. The number of aliphatic carboxylic acids is 1. The summed E-state index contributed by atoms with van der Waals surface area (Å²) in [5.74, 6) is -3.59. The SMILES string of the molecule is NCC(=O)N1CC[C@@H](OCc2cc(C(F)(F)F)cc(C(F)(F)F)c2)[C@@H](C(c2ccccc2)c2ccccc2)C1.O=C(O)C(F)(F)F. The van der Waals surface area contributed by atoms with Crippen molar-refractivity contribution in [3.8, 4) is 0 Å². The number of hydrogen-bond donors (Lipinski definition) is 2. The number of carbonyl (C=O) groups is 2. The topological polar surface area (TPSA) is 92.9 Å². The van der Waals surface area contributed by atoms with E-state index in [4.69, 9.17) is 20.4 Å². The van der Waals surface area contributed by atoms with Crippen molar-refractivity contribution < 1.29 is 58.9 Å². The van der Waals surface area contributed by atoms with Crippen molar-refractivity contribution in [3.05, 3.63) is 107 Å².